The molecule has 1 aromatic carbocycles. The Balaban J connectivity index is 1.69. The average Bonchev–Trinajstić information content (AvgIpc) is 2.48. The van der Waals surface area contributed by atoms with Crippen LogP contribution in [0.15, 0.2) is 22.7 Å². The van der Waals surface area contributed by atoms with E-state index in [-0.39, 0.29) is 5.82 Å². The molecular weight excluding hydrogens is 331 g/mol. The lowest BCUT2D eigenvalue weighted by molar-refractivity contribution is 0.173. The van der Waals surface area contributed by atoms with E-state index in [0.29, 0.717) is 18.3 Å². The van der Waals surface area contributed by atoms with E-state index in [9.17, 15) is 4.39 Å². The van der Waals surface area contributed by atoms with Gasteiger partial charge in [0.15, 0.2) is 11.6 Å². The molecular formula is C18H26BrFO. The number of benzene rings is 1. The van der Waals surface area contributed by atoms with Gasteiger partial charge in [-0.1, -0.05) is 61.4 Å². The Morgan fingerprint density at radius 2 is 1.86 bits per heavy atom. The molecule has 0 atom stereocenters. The fraction of sp³-hybridized carbons (Fsp3) is 0.667. The lowest BCUT2D eigenvalue weighted by Crippen LogP contribution is -2.20. The van der Waals surface area contributed by atoms with Gasteiger partial charge in [0.1, 0.15) is 0 Å². The highest BCUT2D eigenvalue weighted by atomic mass is 79.9. The molecule has 0 unspecified atom stereocenters. The average molecular weight is 357 g/mol. The molecule has 1 aliphatic carbocycles. The van der Waals surface area contributed by atoms with Gasteiger partial charge in [0.25, 0.3) is 0 Å². The largest absolute Gasteiger partial charge is 0.490 e. The Hall–Kier alpha value is -0.570. The first-order valence-electron chi connectivity index (χ1n) is 8.27. The lowest BCUT2D eigenvalue weighted by atomic mass is 9.80. The Labute approximate surface area is 136 Å². The summed E-state index contributed by atoms with van der Waals surface area (Å²) in [5, 5.41) is 0. The summed E-state index contributed by atoms with van der Waals surface area (Å²) < 4.78 is 20.1. The first-order valence-corrected chi connectivity index (χ1v) is 9.06. The zero-order chi connectivity index (χ0) is 15.1. The molecule has 0 heterocycles. The van der Waals surface area contributed by atoms with Gasteiger partial charge in [-0.05, 0) is 42.9 Å². The molecule has 21 heavy (non-hydrogen) atoms. The van der Waals surface area contributed by atoms with Gasteiger partial charge in [-0.15, -0.1) is 0 Å². The molecule has 0 amide bonds. The predicted octanol–water partition coefficient (Wildman–Crippen LogP) is 6.35. The van der Waals surface area contributed by atoms with E-state index in [4.69, 9.17) is 4.74 Å². The zero-order valence-corrected chi connectivity index (χ0v) is 14.5. The van der Waals surface area contributed by atoms with Crippen molar-refractivity contribution in [1.29, 1.82) is 0 Å². The van der Waals surface area contributed by atoms with Crippen LogP contribution >= 0.6 is 15.9 Å². The molecule has 118 valence electrons. The topological polar surface area (TPSA) is 9.23 Å². The second-order valence-electron chi connectivity index (χ2n) is 6.27. The van der Waals surface area contributed by atoms with E-state index in [0.717, 1.165) is 10.4 Å². The van der Waals surface area contributed by atoms with E-state index < -0.39 is 0 Å². The first kappa shape index (κ1) is 16.8. The SMILES string of the molecule is CCCCCC1CCC(COc2ccc(Br)cc2F)CC1. The molecule has 1 fully saturated rings. The van der Waals surface area contributed by atoms with Crippen molar-refractivity contribution >= 4 is 15.9 Å². The highest BCUT2D eigenvalue weighted by Gasteiger charge is 2.21. The van der Waals surface area contributed by atoms with Gasteiger partial charge in [0.2, 0.25) is 0 Å². The molecule has 2 rings (SSSR count). The summed E-state index contributed by atoms with van der Waals surface area (Å²) in [5.74, 6) is 1.61. The van der Waals surface area contributed by atoms with Crippen LogP contribution in [0.1, 0.15) is 58.3 Å². The van der Waals surface area contributed by atoms with Crippen molar-refractivity contribution in [2.75, 3.05) is 6.61 Å². The normalized spacial score (nSPS) is 22.2. The molecule has 0 spiro atoms. The Bertz CT molecular complexity index is 427. The number of halogens is 2. The number of rotatable bonds is 7. The van der Waals surface area contributed by atoms with Crippen molar-refractivity contribution in [1.82, 2.24) is 0 Å². The highest BCUT2D eigenvalue weighted by molar-refractivity contribution is 9.10. The summed E-state index contributed by atoms with van der Waals surface area (Å²) in [5.41, 5.74) is 0. The lowest BCUT2D eigenvalue weighted by Gasteiger charge is -2.28. The third-order valence-corrected chi connectivity index (χ3v) is 5.04. The standard InChI is InChI=1S/C18H26BrFO/c1-2-3-4-5-14-6-8-15(9-7-14)13-21-18-11-10-16(19)12-17(18)20/h10-12,14-15H,2-9,13H2,1H3. The van der Waals surface area contributed by atoms with Crippen LogP contribution in [0, 0.1) is 17.7 Å². The maximum atomic E-state index is 13.7. The minimum absolute atomic E-state index is 0.280. The maximum absolute atomic E-state index is 13.7. The molecule has 1 aliphatic rings. The van der Waals surface area contributed by atoms with Crippen molar-refractivity contribution in [2.45, 2.75) is 58.3 Å². The fourth-order valence-corrected chi connectivity index (χ4v) is 3.50. The summed E-state index contributed by atoms with van der Waals surface area (Å²) in [6.45, 7) is 2.91. The van der Waals surface area contributed by atoms with E-state index >= 15 is 0 Å². The van der Waals surface area contributed by atoms with Gasteiger partial charge in [-0.25, -0.2) is 4.39 Å². The molecule has 0 bridgehead atoms. The van der Waals surface area contributed by atoms with Gasteiger partial charge >= 0.3 is 0 Å². The smallest absolute Gasteiger partial charge is 0.166 e. The van der Waals surface area contributed by atoms with E-state index in [1.165, 1.54) is 57.4 Å². The van der Waals surface area contributed by atoms with Crippen LogP contribution in [0.4, 0.5) is 4.39 Å². The van der Waals surface area contributed by atoms with Crippen LogP contribution in [-0.2, 0) is 0 Å². The zero-order valence-electron chi connectivity index (χ0n) is 12.9. The van der Waals surface area contributed by atoms with E-state index in [1.54, 1.807) is 6.07 Å². The molecule has 0 saturated heterocycles. The number of hydrogen-bond acceptors (Lipinski definition) is 1. The first-order chi connectivity index (χ1) is 10.2. The summed E-state index contributed by atoms with van der Waals surface area (Å²) in [4.78, 5) is 0. The number of hydrogen-bond donors (Lipinski definition) is 0. The van der Waals surface area contributed by atoms with Crippen LogP contribution in [0.5, 0.6) is 5.75 Å². The quantitative estimate of drug-likeness (QED) is 0.516. The number of unbranched alkanes of at least 4 members (excludes halogenated alkanes) is 2. The van der Waals surface area contributed by atoms with Crippen molar-refractivity contribution in [3.63, 3.8) is 0 Å². The molecule has 0 radical (unpaired) electrons. The van der Waals surface area contributed by atoms with Gasteiger partial charge in [-0.3, -0.25) is 0 Å². The van der Waals surface area contributed by atoms with Crippen molar-refractivity contribution in [3.05, 3.63) is 28.5 Å². The molecule has 0 aliphatic heterocycles. The van der Waals surface area contributed by atoms with Crippen molar-refractivity contribution in [3.8, 4) is 5.75 Å². The van der Waals surface area contributed by atoms with Gasteiger partial charge < -0.3 is 4.74 Å². The second-order valence-corrected chi connectivity index (χ2v) is 7.18. The number of ether oxygens (including phenoxy) is 1. The van der Waals surface area contributed by atoms with Gasteiger partial charge in [0.05, 0.1) is 6.61 Å². The van der Waals surface area contributed by atoms with Crippen LogP contribution in [-0.4, -0.2) is 6.61 Å². The fourth-order valence-electron chi connectivity index (χ4n) is 3.17. The Kier molecular flexibility index (Phi) is 7.01. The summed E-state index contributed by atoms with van der Waals surface area (Å²) in [7, 11) is 0. The highest BCUT2D eigenvalue weighted by Crippen LogP contribution is 2.32. The Morgan fingerprint density at radius 3 is 2.52 bits per heavy atom. The molecule has 1 nitrogen and oxygen atoms in total. The summed E-state index contributed by atoms with van der Waals surface area (Å²) in [6, 6.07) is 4.98. The molecule has 3 heteroatoms. The molecule has 1 saturated carbocycles. The van der Waals surface area contributed by atoms with Gasteiger partial charge in [0, 0.05) is 4.47 Å². The third kappa shape index (κ3) is 5.61. The van der Waals surface area contributed by atoms with E-state index in [1.807, 2.05) is 6.07 Å². The molecule has 0 N–H and O–H groups in total. The maximum Gasteiger partial charge on any atom is 0.166 e. The van der Waals surface area contributed by atoms with Crippen molar-refractivity contribution < 1.29 is 9.13 Å². The van der Waals surface area contributed by atoms with Crippen molar-refractivity contribution in [2.24, 2.45) is 11.8 Å². The van der Waals surface area contributed by atoms with Crippen LogP contribution in [0.25, 0.3) is 0 Å². The predicted molar refractivity (Wildman–Crippen MR) is 89.2 cm³/mol. The minimum atomic E-state index is -0.280. The summed E-state index contributed by atoms with van der Waals surface area (Å²) >= 11 is 3.26. The van der Waals surface area contributed by atoms with Gasteiger partial charge in [-0.2, -0.15) is 0 Å². The van der Waals surface area contributed by atoms with Crippen LogP contribution in [0.3, 0.4) is 0 Å². The van der Waals surface area contributed by atoms with Crippen LogP contribution in [0.2, 0.25) is 0 Å². The summed E-state index contributed by atoms with van der Waals surface area (Å²) in [6.07, 6.45) is 10.5. The second kappa shape index (κ2) is 8.77. The van der Waals surface area contributed by atoms with Crippen LogP contribution < -0.4 is 4.74 Å². The van der Waals surface area contributed by atoms with E-state index in [2.05, 4.69) is 22.9 Å². The molecule has 1 aromatic rings. The monoisotopic (exact) mass is 356 g/mol. The Morgan fingerprint density at radius 1 is 1.14 bits per heavy atom. The third-order valence-electron chi connectivity index (χ3n) is 4.55. The molecule has 0 aromatic heterocycles. The minimum Gasteiger partial charge on any atom is -0.490 e.